The molecule has 106 valence electrons. The number of hydrogen-bond donors (Lipinski definition) is 1. The SMILES string of the molecule is COCCN(CC(C)C)c1cccc(Cl)c1C(=O)O. The molecule has 0 spiro atoms. The lowest BCUT2D eigenvalue weighted by Gasteiger charge is -2.28. The van der Waals surface area contributed by atoms with E-state index in [0.29, 0.717) is 24.8 Å². The molecule has 0 saturated heterocycles. The number of carboxylic acids is 1. The van der Waals surface area contributed by atoms with Crippen molar-refractivity contribution in [3.63, 3.8) is 0 Å². The van der Waals surface area contributed by atoms with E-state index in [1.165, 1.54) is 0 Å². The first kappa shape index (κ1) is 15.8. The normalized spacial score (nSPS) is 10.8. The molecule has 0 heterocycles. The first-order chi connectivity index (χ1) is 8.97. The van der Waals surface area contributed by atoms with Gasteiger partial charge >= 0.3 is 5.97 Å². The summed E-state index contributed by atoms with van der Waals surface area (Å²) in [6.07, 6.45) is 0. The maximum absolute atomic E-state index is 11.4. The third-order valence-electron chi connectivity index (χ3n) is 2.70. The molecule has 4 nitrogen and oxygen atoms in total. The summed E-state index contributed by atoms with van der Waals surface area (Å²) >= 11 is 6.00. The van der Waals surface area contributed by atoms with Gasteiger partial charge in [0.15, 0.2) is 0 Å². The predicted molar refractivity (Wildman–Crippen MR) is 77.3 cm³/mol. The van der Waals surface area contributed by atoms with E-state index < -0.39 is 5.97 Å². The van der Waals surface area contributed by atoms with Gasteiger partial charge in [-0.25, -0.2) is 4.79 Å². The van der Waals surface area contributed by atoms with Crippen molar-refractivity contribution in [3.8, 4) is 0 Å². The fraction of sp³-hybridized carbons (Fsp3) is 0.500. The van der Waals surface area contributed by atoms with Gasteiger partial charge in [0.2, 0.25) is 0 Å². The summed E-state index contributed by atoms with van der Waals surface area (Å²) in [7, 11) is 1.63. The minimum absolute atomic E-state index is 0.154. The van der Waals surface area contributed by atoms with Gasteiger partial charge in [-0.3, -0.25) is 0 Å². The Morgan fingerprint density at radius 3 is 2.68 bits per heavy atom. The van der Waals surface area contributed by atoms with Crippen LogP contribution in [0.2, 0.25) is 5.02 Å². The molecule has 5 heteroatoms. The van der Waals surface area contributed by atoms with Gasteiger partial charge < -0.3 is 14.7 Å². The molecule has 0 aliphatic carbocycles. The standard InChI is InChI=1S/C14H20ClNO3/c1-10(2)9-16(7-8-19-3)12-6-4-5-11(15)13(12)14(17)18/h4-6,10H,7-9H2,1-3H3,(H,17,18). The molecule has 0 aromatic heterocycles. The van der Waals surface area contributed by atoms with Crippen LogP contribution in [0.5, 0.6) is 0 Å². The zero-order valence-electron chi connectivity index (χ0n) is 11.5. The Kier molecular flexibility index (Phi) is 6.12. The number of halogens is 1. The number of hydrogen-bond acceptors (Lipinski definition) is 3. The Bertz CT molecular complexity index is 435. The average Bonchev–Trinajstić information content (AvgIpc) is 2.33. The van der Waals surface area contributed by atoms with Crippen LogP contribution in [0.15, 0.2) is 18.2 Å². The van der Waals surface area contributed by atoms with Crippen molar-refractivity contribution in [2.24, 2.45) is 5.92 Å². The summed E-state index contributed by atoms with van der Waals surface area (Å²) in [6.45, 7) is 6.10. The summed E-state index contributed by atoms with van der Waals surface area (Å²) in [5.41, 5.74) is 0.798. The van der Waals surface area contributed by atoms with Crippen LogP contribution in [-0.2, 0) is 4.74 Å². The molecule has 0 aliphatic heterocycles. The number of methoxy groups -OCH3 is 1. The Hall–Kier alpha value is -1.26. The first-order valence-corrected chi connectivity index (χ1v) is 6.60. The van der Waals surface area contributed by atoms with Gasteiger partial charge in [-0.1, -0.05) is 31.5 Å². The summed E-state index contributed by atoms with van der Waals surface area (Å²) in [5, 5.41) is 9.57. The Labute approximate surface area is 118 Å². The lowest BCUT2D eigenvalue weighted by Crippen LogP contribution is -2.32. The van der Waals surface area contributed by atoms with Crippen LogP contribution < -0.4 is 4.90 Å². The van der Waals surface area contributed by atoms with Crippen molar-refractivity contribution < 1.29 is 14.6 Å². The predicted octanol–water partition coefficient (Wildman–Crippen LogP) is 3.15. The van der Waals surface area contributed by atoms with E-state index in [4.69, 9.17) is 16.3 Å². The summed E-state index contributed by atoms with van der Waals surface area (Å²) in [5.74, 6) is -0.593. The van der Waals surface area contributed by atoms with Gasteiger partial charge in [0.05, 0.1) is 17.3 Å². The molecule has 0 aliphatic rings. The van der Waals surface area contributed by atoms with Crippen molar-refractivity contribution in [1.82, 2.24) is 0 Å². The molecule has 19 heavy (non-hydrogen) atoms. The first-order valence-electron chi connectivity index (χ1n) is 6.23. The molecule has 0 fully saturated rings. The molecule has 0 unspecified atom stereocenters. The van der Waals surface area contributed by atoms with E-state index in [1.54, 1.807) is 25.3 Å². The molecule has 0 bridgehead atoms. The lowest BCUT2D eigenvalue weighted by molar-refractivity contribution is 0.0697. The van der Waals surface area contributed by atoms with Crippen LogP contribution in [0, 0.1) is 5.92 Å². The molecule has 0 saturated carbocycles. The number of benzene rings is 1. The van der Waals surface area contributed by atoms with Crippen molar-refractivity contribution in [2.45, 2.75) is 13.8 Å². The third kappa shape index (κ3) is 4.40. The van der Waals surface area contributed by atoms with Gasteiger partial charge in [-0.2, -0.15) is 0 Å². The molecule has 0 amide bonds. The highest BCUT2D eigenvalue weighted by Crippen LogP contribution is 2.28. The molecule has 0 radical (unpaired) electrons. The fourth-order valence-electron chi connectivity index (χ4n) is 1.94. The Morgan fingerprint density at radius 1 is 1.47 bits per heavy atom. The number of carbonyl (C=O) groups is 1. The summed E-state index contributed by atoms with van der Waals surface area (Å²) in [4.78, 5) is 13.4. The van der Waals surface area contributed by atoms with Gasteiger partial charge in [0.1, 0.15) is 5.56 Å². The van der Waals surface area contributed by atoms with Gasteiger partial charge in [0, 0.05) is 20.2 Å². The smallest absolute Gasteiger partial charge is 0.339 e. The van der Waals surface area contributed by atoms with Crippen molar-refractivity contribution >= 4 is 23.3 Å². The average molecular weight is 286 g/mol. The maximum atomic E-state index is 11.4. The third-order valence-corrected chi connectivity index (χ3v) is 3.01. The van der Waals surface area contributed by atoms with Gasteiger partial charge in [0.25, 0.3) is 0 Å². The number of carboxylic acid groups (broad SMARTS) is 1. The second kappa shape index (κ2) is 7.36. The highest BCUT2D eigenvalue weighted by Gasteiger charge is 2.19. The number of ether oxygens (including phenoxy) is 1. The van der Waals surface area contributed by atoms with Crippen LogP contribution in [0.4, 0.5) is 5.69 Å². The van der Waals surface area contributed by atoms with Crippen molar-refractivity contribution in [3.05, 3.63) is 28.8 Å². The number of nitrogens with zero attached hydrogens (tertiary/aromatic N) is 1. The summed E-state index contributed by atoms with van der Waals surface area (Å²) < 4.78 is 5.08. The minimum atomic E-state index is -1.01. The quantitative estimate of drug-likeness (QED) is 0.836. The van der Waals surface area contributed by atoms with E-state index in [1.807, 2.05) is 4.90 Å². The van der Waals surface area contributed by atoms with E-state index in [0.717, 1.165) is 6.54 Å². The molecule has 1 aromatic rings. The Balaban J connectivity index is 3.13. The molecule has 1 aromatic carbocycles. The number of aromatic carboxylic acids is 1. The zero-order chi connectivity index (χ0) is 14.4. The van der Waals surface area contributed by atoms with E-state index >= 15 is 0 Å². The Morgan fingerprint density at radius 2 is 2.16 bits per heavy atom. The van der Waals surface area contributed by atoms with Crippen LogP contribution in [0.25, 0.3) is 0 Å². The molecular weight excluding hydrogens is 266 g/mol. The lowest BCUT2D eigenvalue weighted by atomic mass is 10.1. The van der Waals surface area contributed by atoms with Crippen LogP contribution in [-0.4, -0.2) is 37.9 Å². The van der Waals surface area contributed by atoms with E-state index in [2.05, 4.69) is 13.8 Å². The number of anilines is 1. The molecule has 0 atom stereocenters. The molecule has 1 N–H and O–H groups in total. The van der Waals surface area contributed by atoms with Gasteiger partial charge in [-0.05, 0) is 18.1 Å². The molecular formula is C14H20ClNO3. The van der Waals surface area contributed by atoms with Gasteiger partial charge in [-0.15, -0.1) is 0 Å². The summed E-state index contributed by atoms with van der Waals surface area (Å²) in [6, 6.07) is 5.15. The highest BCUT2D eigenvalue weighted by molar-refractivity contribution is 6.34. The van der Waals surface area contributed by atoms with Crippen molar-refractivity contribution in [2.75, 3.05) is 31.7 Å². The zero-order valence-corrected chi connectivity index (χ0v) is 12.3. The highest BCUT2D eigenvalue weighted by atomic mass is 35.5. The maximum Gasteiger partial charge on any atom is 0.339 e. The van der Waals surface area contributed by atoms with Crippen LogP contribution in [0.1, 0.15) is 24.2 Å². The monoisotopic (exact) mass is 285 g/mol. The molecule has 1 rings (SSSR count). The van der Waals surface area contributed by atoms with Crippen LogP contribution in [0.3, 0.4) is 0 Å². The largest absolute Gasteiger partial charge is 0.478 e. The number of rotatable bonds is 7. The second-order valence-corrected chi connectivity index (χ2v) is 5.18. The van der Waals surface area contributed by atoms with E-state index in [9.17, 15) is 9.90 Å². The minimum Gasteiger partial charge on any atom is -0.478 e. The van der Waals surface area contributed by atoms with E-state index in [-0.39, 0.29) is 10.6 Å². The topological polar surface area (TPSA) is 49.8 Å². The van der Waals surface area contributed by atoms with Crippen molar-refractivity contribution in [1.29, 1.82) is 0 Å². The second-order valence-electron chi connectivity index (χ2n) is 4.77. The van der Waals surface area contributed by atoms with Crippen LogP contribution >= 0.6 is 11.6 Å². The fourth-order valence-corrected chi connectivity index (χ4v) is 2.19.